The summed E-state index contributed by atoms with van der Waals surface area (Å²) in [6.07, 6.45) is 0.708. The van der Waals surface area contributed by atoms with Gasteiger partial charge in [-0.2, -0.15) is 0 Å². The Morgan fingerprint density at radius 3 is 3.06 bits per heavy atom. The molecule has 1 saturated heterocycles. The van der Waals surface area contributed by atoms with Crippen LogP contribution >= 0.6 is 27.3 Å². The van der Waals surface area contributed by atoms with E-state index in [1.807, 2.05) is 18.4 Å². The number of aliphatic hydroxyl groups is 1. The maximum atomic E-state index is 12.0. The van der Waals surface area contributed by atoms with Gasteiger partial charge in [0.2, 0.25) is 0 Å². The molecule has 2 atom stereocenters. The fourth-order valence-corrected chi connectivity index (χ4v) is 3.69. The van der Waals surface area contributed by atoms with E-state index in [0.29, 0.717) is 12.5 Å². The number of likely N-dealkylation sites (tertiary alicyclic amines) is 1. The molecule has 0 saturated carbocycles. The van der Waals surface area contributed by atoms with Crippen molar-refractivity contribution in [2.45, 2.75) is 19.4 Å². The molecule has 1 N–H and O–H groups in total. The summed E-state index contributed by atoms with van der Waals surface area (Å²) in [6, 6.07) is 1.90. The lowest BCUT2D eigenvalue weighted by Crippen LogP contribution is -2.29. The minimum absolute atomic E-state index is 0.165. The molecule has 1 aromatic heterocycles. The highest BCUT2D eigenvalue weighted by atomic mass is 79.9. The van der Waals surface area contributed by atoms with Gasteiger partial charge in [0.05, 0.1) is 17.5 Å². The standard InChI is InChI=1S/C12H16BrNO2S/c1-8(15)9-2-4-14(6-9)7-11(16)12-10(13)3-5-17-12/h3,5,8-9,15H,2,4,6-7H2,1H3. The number of nitrogens with zero attached hydrogens (tertiary/aromatic N) is 1. The van der Waals surface area contributed by atoms with Crippen LogP contribution in [0.2, 0.25) is 0 Å². The van der Waals surface area contributed by atoms with Crippen molar-refractivity contribution in [1.29, 1.82) is 0 Å². The summed E-state index contributed by atoms with van der Waals surface area (Å²) in [7, 11) is 0. The van der Waals surface area contributed by atoms with E-state index in [-0.39, 0.29) is 11.9 Å². The number of thiophene rings is 1. The third-order valence-corrected chi connectivity index (χ3v) is 5.11. The topological polar surface area (TPSA) is 40.5 Å². The van der Waals surface area contributed by atoms with E-state index >= 15 is 0 Å². The second kappa shape index (κ2) is 5.61. The Hall–Kier alpha value is -0.230. The molecule has 1 aliphatic heterocycles. The van der Waals surface area contributed by atoms with Crippen molar-refractivity contribution in [2.75, 3.05) is 19.6 Å². The van der Waals surface area contributed by atoms with E-state index in [1.54, 1.807) is 0 Å². The Kier molecular flexibility index (Phi) is 4.36. The molecule has 0 bridgehead atoms. The van der Waals surface area contributed by atoms with Crippen LogP contribution in [0.15, 0.2) is 15.9 Å². The van der Waals surface area contributed by atoms with Crippen LogP contribution in [0.4, 0.5) is 0 Å². The highest BCUT2D eigenvalue weighted by Gasteiger charge is 2.27. The largest absolute Gasteiger partial charge is 0.393 e. The predicted molar refractivity (Wildman–Crippen MR) is 72.6 cm³/mol. The fraction of sp³-hybridized carbons (Fsp3) is 0.583. The van der Waals surface area contributed by atoms with E-state index in [9.17, 15) is 9.90 Å². The first-order chi connectivity index (χ1) is 8.08. The van der Waals surface area contributed by atoms with Gasteiger partial charge in [-0.3, -0.25) is 9.69 Å². The highest BCUT2D eigenvalue weighted by molar-refractivity contribution is 9.10. The van der Waals surface area contributed by atoms with Gasteiger partial charge in [-0.1, -0.05) is 0 Å². The first kappa shape index (κ1) is 13.2. The third kappa shape index (κ3) is 3.16. The quantitative estimate of drug-likeness (QED) is 0.867. The van der Waals surface area contributed by atoms with Crippen molar-refractivity contribution in [3.63, 3.8) is 0 Å². The SMILES string of the molecule is CC(O)C1CCN(CC(=O)c2sccc2Br)C1. The number of ketones is 1. The van der Waals surface area contributed by atoms with Crippen LogP contribution in [0.3, 0.4) is 0 Å². The summed E-state index contributed by atoms with van der Waals surface area (Å²) in [5.74, 6) is 0.479. The molecule has 0 spiro atoms. The summed E-state index contributed by atoms with van der Waals surface area (Å²) in [6.45, 7) is 4.02. The molecular weight excluding hydrogens is 302 g/mol. The van der Waals surface area contributed by atoms with Gasteiger partial charge in [0.25, 0.3) is 0 Å². The van der Waals surface area contributed by atoms with Crippen molar-refractivity contribution in [3.05, 3.63) is 20.8 Å². The second-order valence-corrected chi connectivity index (χ2v) is 6.32. The average molecular weight is 318 g/mol. The summed E-state index contributed by atoms with van der Waals surface area (Å²) in [4.78, 5) is 15.0. The van der Waals surface area contributed by atoms with Gasteiger partial charge < -0.3 is 5.11 Å². The first-order valence-corrected chi connectivity index (χ1v) is 7.42. The Morgan fingerprint density at radius 2 is 2.53 bits per heavy atom. The zero-order chi connectivity index (χ0) is 12.4. The van der Waals surface area contributed by atoms with Crippen molar-refractivity contribution >= 4 is 33.0 Å². The van der Waals surface area contributed by atoms with Crippen LogP contribution in [-0.2, 0) is 0 Å². The number of rotatable bonds is 4. The lowest BCUT2D eigenvalue weighted by molar-refractivity contribution is 0.0929. The molecule has 1 aliphatic rings. The van der Waals surface area contributed by atoms with Crippen LogP contribution in [0.5, 0.6) is 0 Å². The van der Waals surface area contributed by atoms with Gasteiger partial charge in [-0.05, 0) is 53.2 Å². The molecule has 2 rings (SSSR count). The number of carbonyl (C=O) groups is 1. The minimum Gasteiger partial charge on any atom is -0.393 e. The maximum Gasteiger partial charge on any atom is 0.187 e. The second-order valence-electron chi connectivity index (χ2n) is 4.55. The van der Waals surface area contributed by atoms with E-state index < -0.39 is 0 Å². The highest BCUT2D eigenvalue weighted by Crippen LogP contribution is 2.25. The van der Waals surface area contributed by atoms with Crippen LogP contribution in [0.1, 0.15) is 23.0 Å². The van der Waals surface area contributed by atoms with Crippen molar-refractivity contribution in [1.82, 2.24) is 4.90 Å². The lowest BCUT2D eigenvalue weighted by Gasteiger charge is -2.16. The van der Waals surface area contributed by atoms with Crippen LogP contribution in [0.25, 0.3) is 0 Å². The van der Waals surface area contributed by atoms with Gasteiger partial charge in [0, 0.05) is 11.0 Å². The Bertz CT molecular complexity index is 405. The summed E-state index contributed by atoms with van der Waals surface area (Å²) < 4.78 is 0.888. The van der Waals surface area contributed by atoms with Gasteiger partial charge in [0.15, 0.2) is 5.78 Å². The Labute approximate surface area is 114 Å². The van der Waals surface area contributed by atoms with Crippen LogP contribution < -0.4 is 0 Å². The van der Waals surface area contributed by atoms with Gasteiger partial charge in [-0.15, -0.1) is 11.3 Å². The van der Waals surface area contributed by atoms with Crippen molar-refractivity contribution in [3.8, 4) is 0 Å². The number of carbonyl (C=O) groups excluding carboxylic acids is 1. The van der Waals surface area contributed by atoms with Crippen molar-refractivity contribution in [2.24, 2.45) is 5.92 Å². The zero-order valence-electron chi connectivity index (χ0n) is 9.73. The molecule has 0 radical (unpaired) electrons. The molecule has 94 valence electrons. The van der Waals surface area contributed by atoms with Crippen LogP contribution in [0, 0.1) is 5.92 Å². The molecule has 1 fully saturated rings. The predicted octanol–water partition coefficient (Wildman–Crippen LogP) is 2.40. The average Bonchev–Trinajstić information content (AvgIpc) is 2.86. The minimum atomic E-state index is -0.274. The van der Waals surface area contributed by atoms with E-state index in [4.69, 9.17) is 0 Å². The van der Waals surface area contributed by atoms with Crippen LogP contribution in [-0.4, -0.2) is 41.5 Å². The molecule has 2 unspecified atom stereocenters. The lowest BCUT2D eigenvalue weighted by atomic mass is 10.0. The Morgan fingerprint density at radius 1 is 1.76 bits per heavy atom. The van der Waals surface area contributed by atoms with E-state index in [0.717, 1.165) is 28.9 Å². The molecule has 2 heterocycles. The Balaban J connectivity index is 1.91. The molecule has 17 heavy (non-hydrogen) atoms. The van der Waals surface area contributed by atoms with Gasteiger partial charge in [0.1, 0.15) is 0 Å². The number of Topliss-reactive ketones (excluding diaryl/α,β-unsaturated/α-hetero) is 1. The number of aliphatic hydroxyl groups excluding tert-OH is 1. The molecule has 3 nitrogen and oxygen atoms in total. The molecule has 5 heteroatoms. The van der Waals surface area contributed by atoms with E-state index in [2.05, 4.69) is 20.8 Å². The summed E-state index contributed by atoms with van der Waals surface area (Å²) in [5.41, 5.74) is 0. The summed E-state index contributed by atoms with van der Waals surface area (Å²) >= 11 is 4.86. The number of halogens is 1. The van der Waals surface area contributed by atoms with E-state index in [1.165, 1.54) is 11.3 Å². The molecule has 0 amide bonds. The maximum absolute atomic E-state index is 12.0. The number of hydrogen-bond donors (Lipinski definition) is 1. The third-order valence-electron chi connectivity index (χ3n) is 3.23. The van der Waals surface area contributed by atoms with Gasteiger partial charge in [-0.25, -0.2) is 0 Å². The molecule has 0 aromatic carbocycles. The summed E-state index contributed by atoms with van der Waals surface area (Å²) in [5, 5.41) is 11.4. The monoisotopic (exact) mass is 317 g/mol. The zero-order valence-corrected chi connectivity index (χ0v) is 12.1. The smallest absolute Gasteiger partial charge is 0.187 e. The molecule has 1 aromatic rings. The number of hydrogen-bond acceptors (Lipinski definition) is 4. The normalized spacial score (nSPS) is 22.9. The van der Waals surface area contributed by atoms with Crippen molar-refractivity contribution < 1.29 is 9.90 Å². The molecular formula is C12H16BrNO2S. The fourth-order valence-electron chi connectivity index (χ4n) is 2.17. The van der Waals surface area contributed by atoms with Gasteiger partial charge >= 0.3 is 0 Å². The molecule has 0 aliphatic carbocycles. The first-order valence-electron chi connectivity index (χ1n) is 5.74.